The van der Waals surface area contributed by atoms with Crippen molar-refractivity contribution in [2.45, 2.75) is 0 Å². The average Bonchev–Trinajstić information content (AvgIpc) is 3.01. The van der Waals surface area contributed by atoms with Crippen LogP contribution in [0.2, 0.25) is 0 Å². The van der Waals surface area contributed by atoms with E-state index in [1.54, 1.807) is 17.0 Å². The molecule has 5 nitrogen and oxygen atoms in total. The molecule has 0 N–H and O–H groups in total. The smallest absolute Gasteiger partial charge is 0.133 e. The van der Waals surface area contributed by atoms with Gasteiger partial charge < -0.3 is 0 Å². The van der Waals surface area contributed by atoms with Crippen LogP contribution in [0.3, 0.4) is 0 Å². The van der Waals surface area contributed by atoms with Gasteiger partial charge >= 0.3 is 0 Å². The van der Waals surface area contributed by atoms with E-state index in [0.29, 0.717) is 0 Å². The van der Waals surface area contributed by atoms with Crippen molar-refractivity contribution in [2.24, 2.45) is 5.10 Å². The van der Waals surface area contributed by atoms with Gasteiger partial charge in [0.2, 0.25) is 0 Å². The van der Waals surface area contributed by atoms with Gasteiger partial charge in [0.15, 0.2) is 0 Å². The summed E-state index contributed by atoms with van der Waals surface area (Å²) in [6.45, 7) is 0. The van der Waals surface area contributed by atoms with Crippen LogP contribution in [0, 0.1) is 0 Å². The van der Waals surface area contributed by atoms with E-state index >= 15 is 0 Å². The lowest BCUT2D eigenvalue weighted by molar-refractivity contribution is 0.802. The van der Waals surface area contributed by atoms with Gasteiger partial charge in [0, 0.05) is 0 Å². The van der Waals surface area contributed by atoms with Crippen molar-refractivity contribution in [1.82, 2.24) is 20.4 Å². The summed E-state index contributed by atoms with van der Waals surface area (Å²) in [5.41, 5.74) is 6.19. The van der Waals surface area contributed by atoms with Crippen LogP contribution in [-0.2, 0) is 0 Å². The Morgan fingerprint density at radius 3 is 2.69 bits per heavy atom. The van der Waals surface area contributed by atoms with Crippen molar-refractivity contribution in [3.8, 4) is 5.69 Å². The van der Waals surface area contributed by atoms with E-state index in [9.17, 15) is 0 Å². The molecule has 0 saturated carbocycles. The maximum Gasteiger partial charge on any atom is 0.133 e. The summed E-state index contributed by atoms with van der Waals surface area (Å²) in [4.78, 5) is 0. The highest BCUT2D eigenvalue weighted by Gasteiger charge is 2.09. The highest BCUT2D eigenvalue weighted by Crippen LogP contribution is 2.07. The summed E-state index contributed by atoms with van der Waals surface area (Å²) in [6.07, 6.45) is 5.27. The molecule has 1 aromatic heterocycles. The van der Waals surface area contributed by atoms with Crippen LogP contribution < -0.4 is 5.43 Å². The standard InChI is InChI=1S/C11H8N5/c1-2-4-9(5-3-1)16-8-11(14-15-16)10-6-7-12-13-10/h1-8H. The molecular weight excluding hydrogens is 202 g/mol. The second kappa shape index (κ2) is 3.62. The second-order valence-corrected chi connectivity index (χ2v) is 3.30. The first-order valence-electron chi connectivity index (χ1n) is 4.86. The highest BCUT2D eigenvalue weighted by atomic mass is 15.4. The van der Waals surface area contributed by atoms with Gasteiger partial charge in [-0.15, -0.1) is 10.2 Å². The quantitative estimate of drug-likeness (QED) is 0.745. The molecule has 77 valence electrons. The summed E-state index contributed by atoms with van der Waals surface area (Å²) >= 11 is 0. The number of allylic oxidation sites excluding steroid dienone is 1. The Hall–Kier alpha value is -2.43. The molecule has 1 aliphatic rings. The van der Waals surface area contributed by atoms with Crippen LogP contribution in [0.25, 0.3) is 5.69 Å². The molecule has 3 rings (SSSR count). The Kier molecular flexibility index (Phi) is 2.00. The predicted molar refractivity (Wildman–Crippen MR) is 59.2 cm³/mol. The number of hydrogen-bond donors (Lipinski definition) is 0. The molecule has 0 amide bonds. The average molecular weight is 210 g/mol. The Morgan fingerprint density at radius 1 is 1.06 bits per heavy atom. The number of nitrogens with zero attached hydrogens (tertiary/aromatic N) is 5. The predicted octanol–water partition coefficient (Wildman–Crippen LogP) is 1.10. The topological polar surface area (TPSA) is 57.2 Å². The van der Waals surface area contributed by atoms with Gasteiger partial charge in [-0.05, 0) is 18.2 Å². The number of para-hydroxylation sites is 1. The van der Waals surface area contributed by atoms with Gasteiger partial charge in [-0.3, -0.25) is 0 Å². The summed E-state index contributed by atoms with van der Waals surface area (Å²) in [5, 5.41) is 12.0. The Morgan fingerprint density at radius 2 is 1.94 bits per heavy atom. The van der Waals surface area contributed by atoms with Crippen molar-refractivity contribution in [1.29, 1.82) is 0 Å². The molecule has 1 aromatic carbocycles. The number of aromatic nitrogens is 3. The van der Waals surface area contributed by atoms with Crippen LogP contribution in [0.15, 0.2) is 53.9 Å². The van der Waals surface area contributed by atoms with Gasteiger partial charge in [0.25, 0.3) is 0 Å². The Labute approximate surface area is 92.1 Å². The first-order chi connectivity index (χ1) is 7.93. The zero-order valence-electron chi connectivity index (χ0n) is 8.35. The molecule has 16 heavy (non-hydrogen) atoms. The first kappa shape index (κ1) is 8.84. The molecule has 5 heteroatoms. The lowest BCUT2D eigenvalue weighted by Gasteiger charge is -1.96. The fourth-order valence-electron chi connectivity index (χ4n) is 1.46. The minimum atomic E-state index is 0.723. The fourth-order valence-corrected chi connectivity index (χ4v) is 1.46. The van der Waals surface area contributed by atoms with Gasteiger partial charge in [0.05, 0.1) is 18.1 Å². The van der Waals surface area contributed by atoms with E-state index in [0.717, 1.165) is 17.1 Å². The summed E-state index contributed by atoms with van der Waals surface area (Å²) < 4.78 is 1.71. The highest BCUT2D eigenvalue weighted by molar-refractivity contribution is 6.07. The zero-order chi connectivity index (χ0) is 10.8. The minimum Gasteiger partial charge on any atom is -0.220 e. The maximum atomic E-state index is 4.05. The fraction of sp³-hybridized carbons (Fsp3) is 0. The van der Waals surface area contributed by atoms with E-state index in [4.69, 9.17) is 0 Å². The molecule has 0 saturated heterocycles. The molecule has 2 aromatic rings. The van der Waals surface area contributed by atoms with Crippen LogP contribution >= 0.6 is 0 Å². The summed E-state index contributed by atoms with van der Waals surface area (Å²) in [5.74, 6) is 0. The molecule has 1 radical (unpaired) electrons. The molecule has 1 aliphatic heterocycles. The molecule has 0 fully saturated rings. The number of hydrogen-bond acceptors (Lipinski definition) is 3. The normalized spacial score (nSPS) is 13.6. The van der Waals surface area contributed by atoms with Crippen molar-refractivity contribution in [3.05, 3.63) is 54.5 Å². The van der Waals surface area contributed by atoms with Crippen LogP contribution in [0.5, 0.6) is 0 Å². The van der Waals surface area contributed by atoms with Crippen molar-refractivity contribution < 1.29 is 0 Å². The third-order valence-corrected chi connectivity index (χ3v) is 2.24. The van der Waals surface area contributed by atoms with Crippen molar-refractivity contribution >= 4 is 5.71 Å². The minimum absolute atomic E-state index is 0.723. The van der Waals surface area contributed by atoms with Gasteiger partial charge in [-0.25, -0.2) is 4.68 Å². The molecular formula is C11H8N5. The van der Waals surface area contributed by atoms with Crippen molar-refractivity contribution in [3.63, 3.8) is 0 Å². The van der Waals surface area contributed by atoms with Crippen LogP contribution in [0.4, 0.5) is 0 Å². The number of benzene rings is 1. The molecule has 0 bridgehead atoms. The van der Waals surface area contributed by atoms with Crippen LogP contribution in [0.1, 0.15) is 5.69 Å². The van der Waals surface area contributed by atoms with E-state index in [1.165, 1.54) is 0 Å². The lowest BCUT2D eigenvalue weighted by atomic mass is 10.3. The van der Waals surface area contributed by atoms with Gasteiger partial charge in [-0.2, -0.15) is 5.43 Å². The second-order valence-electron chi connectivity index (χ2n) is 3.30. The molecule has 0 aliphatic carbocycles. The third kappa shape index (κ3) is 1.48. The monoisotopic (exact) mass is 210 g/mol. The van der Waals surface area contributed by atoms with E-state index in [1.807, 2.05) is 36.5 Å². The first-order valence-corrected chi connectivity index (χ1v) is 4.86. The lowest BCUT2D eigenvalue weighted by Crippen LogP contribution is -1.95. The molecule has 2 heterocycles. The van der Waals surface area contributed by atoms with Gasteiger partial charge in [0.1, 0.15) is 11.4 Å². The molecule has 0 atom stereocenters. The third-order valence-electron chi connectivity index (χ3n) is 2.24. The van der Waals surface area contributed by atoms with E-state index in [-0.39, 0.29) is 0 Å². The Bertz CT molecular complexity index is 553. The maximum absolute atomic E-state index is 4.05. The Balaban J connectivity index is 1.97. The molecule has 0 spiro atoms. The summed E-state index contributed by atoms with van der Waals surface area (Å²) in [7, 11) is 0. The van der Waals surface area contributed by atoms with E-state index < -0.39 is 0 Å². The van der Waals surface area contributed by atoms with Gasteiger partial charge in [-0.1, -0.05) is 23.4 Å². The zero-order valence-corrected chi connectivity index (χ0v) is 8.35. The number of rotatable bonds is 2. The van der Waals surface area contributed by atoms with E-state index in [2.05, 4.69) is 20.8 Å². The van der Waals surface area contributed by atoms with Crippen LogP contribution in [-0.4, -0.2) is 20.7 Å². The largest absolute Gasteiger partial charge is 0.220 e. The molecule has 0 unspecified atom stereocenters. The SMILES string of the molecule is C1=CC(c2cn(-c3ccccc3)nn2)=N[N]1. The summed E-state index contributed by atoms with van der Waals surface area (Å²) in [6, 6.07) is 9.81. The van der Waals surface area contributed by atoms with Crippen molar-refractivity contribution in [2.75, 3.05) is 0 Å².